The number of carbonyl (C=O) groups is 2. The molecule has 150 valence electrons. The molecule has 28 heavy (non-hydrogen) atoms. The van der Waals surface area contributed by atoms with Gasteiger partial charge in [0.05, 0.1) is 18.0 Å². The van der Waals surface area contributed by atoms with Crippen molar-refractivity contribution in [1.29, 1.82) is 0 Å². The van der Waals surface area contributed by atoms with E-state index in [1.807, 2.05) is 0 Å². The number of nitrogens with zero attached hydrogens (tertiary/aromatic N) is 2. The average molecular weight is 385 g/mol. The minimum absolute atomic E-state index is 0.0170. The summed E-state index contributed by atoms with van der Waals surface area (Å²) in [5, 5.41) is 3.40. The van der Waals surface area contributed by atoms with Gasteiger partial charge in [0.25, 0.3) is 11.5 Å². The second kappa shape index (κ2) is 9.48. The molecule has 3 rings (SSSR count). The molecule has 0 spiro atoms. The van der Waals surface area contributed by atoms with E-state index in [1.165, 1.54) is 7.11 Å². The molecule has 0 atom stereocenters. The molecule has 2 heterocycles. The van der Waals surface area contributed by atoms with Crippen LogP contribution in [0.25, 0.3) is 10.9 Å². The van der Waals surface area contributed by atoms with Gasteiger partial charge in [0.2, 0.25) is 0 Å². The van der Waals surface area contributed by atoms with Gasteiger partial charge in [-0.2, -0.15) is 0 Å². The normalized spacial score (nSPS) is 14.0. The lowest BCUT2D eigenvalue weighted by Crippen LogP contribution is -2.27. The number of ether oxygens (including phenoxy) is 1. The zero-order chi connectivity index (χ0) is 19.9. The lowest BCUT2D eigenvalue weighted by Gasteiger charge is -2.16. The lowest BCUT2D eigenvalue weighted by atomic mass is 10.1. The molecule has 0 radical (unpaired) electrons. The SMILES string of the molecule is COC(=O)CCCCNC(=O)c1ccc2c(=O)n3c(nc2c1)CCCCCC3. The van der Waals surface area contributed by atoms with Gasteiger partial charge in [0, 0.05) is 31.5 Å². The van der Waals surface area contributed by atoms with Crippen molar-refractivity contribution in [2.24, 2.45) is 0 Å². The van der Waals surface area contributed by atoms with Crippen LogP contribution in [0.1, 0.15) is 61.1 Å². The Hall–Kier alpha value is -2.70. The van der Waals surface area contributed by atoms with Crippen LogP contribution >= 0.6 is 0 Å². The van der Waals surface area contributed by atoms with Crippen LogP contribution < -0.4 is 10.9 Å². The smallest absolute Gasteiger partial charge is 0.305 e. The molecular weight excluding hydrogens is 358 g/mol. The van der Waals surface area contributed by atoms with E-state index in [9.17, 15) is 14.4 Å². The van der Waals surface area contributed by atoms with Crippen molar-refractivity contribution in [2.75, 3.05) is 13.7 Å². The summed E-state index contributed by atoms with van der Waals surface area (Å²) < 4.78 is 6.39. The molecule has 7 heteroatoms. The standard InChI is InChI=1S/C21H27N3O4/c1-28-19(25)9-5-6-12-22-20(26)15-10-11-16-17(14-15)23-18-8-4-2-3-7-13-24(18)21(16)27/h10-11,14H,2-9,12-13H2,1H3,(H,22,26). The number of fused-ring (bicyclic) bond motifs is 2. The summed E-state index contributed by atoms with van der Waals surface area (Å²) in [5.41, 5.74) is 1.05. The first-order valence-electron chi connectivity index (χ1n) is 9.98. The zero-order valence-electron chi connectivity index (χ0n) is 16.3. The summed E-state index contributed by atoms with van der Waals surface area (Å²) in [6.45, 7) is 1.19. The van der Waals surface area contributed by atoms with Gasteiger partial charge in [-0.1, -0.05) is 12.8 Å². The summed E-state index contributed by atoms with van der Waals surface area (Å²) in [4.78, 5) is 41.0. The predicted octanol–water partition coefficient (Wildman–Crippen LogP) is 2.59. The number of unbranched alkanes of at least 4 members (excludes halogenated alkanes) is 1. The molecule has 0 aliphatic carbocycles. The van der Waals surface area contributed by atoms with Crippen molar-refractivity contribution in [2.45, 2.75) is 57.9 Å². The molecule has 0 bridgehead atoms. The number of amides is 1. The fraction of sp³-hybridized carbons (Fsp3) is 0.524. The minimum atomic E-state index is -0.243. The molecule has 1 aromatic carbocycles. The highest BCUT2D eigenvalue weighted by Crippen LogP contribution is 2.16. The molecule has 1 aliphatic heterocycles. The van der Waals surface area contributed by atoms with Gasteiger partial charge in [-0.15, -0.1) is 0 Å². The number of carbonyl (C=O) groups excluding carboxylic acids is 2. The number of hydrogen-bond donors (Lipinski definition) is 1. The van der Waals surface area contributed by atoms with Gasteiger partial charge >= 0.3 is 5.97 Å². The molecule has 0 saturated heterocycles. The number of hydrogen-bond acceptors (Lipinski definition) is 5. The zero-order valence-corrected chi connectivity index (χ0v) is 16.3. The fourth-order valence-corrected chi connectivity index (χ4v) is 3.54. The van der Waals surface area contributed by atoms with Crippen LogP contribution in [0.2, 0.25) is 0 Å². The van der Waals surface area contributed by atoms with Crippen molar-refractivity contribution in [3.63, 3.8) is 0 Å². The van der Waals surface area contributed by atoms with Crippen LogP contribution in [-0.4, -0.2) is 35.1 Å². The fourth-order valence-electron chi connectivity index (χ4n) is 3.54. The number of benzene rings is 1. The van der Waals surface area contributed by atoms with Crippen molar-refractivity contribution >= 4 is 22.8 Å². The summed E-state index contributed by atoms with van der Waals surface area (Å²) in [6, 6.07) is 5.06. The molecule has 0 saturated carbocycles. The molecule has 7 nitrogen and oxygen atoms in total. The number of nitrogens with one attached hydrogen (secondary N) is 1. The number of aromatic nitrogens is 2. The Kier molecular flexibility index (Phi) is 6.79. The summed E-state index contributed by atoms with van der Waals surface area (Å²) >= 11 is 0. The maximum absolute atomic E-state index is 12.8. The highest BCUT2D eigenvalue weighted by Gasteiger charge is 2.14. The predicted molar refractivity (Wildman–Crippen MR) is 106 cm³/mol. The second-order valence-electron chi connectivity index (χ2n) is 7.17. The first-order chi connectivity index (χ1) is 13.6. The van der Waals surface area contributed by atoms with E-state index in [1.54, 1.807) is 22.8 Å². The van der Waals surface area contributed by atoms with Crippen LogP contribution in [0.4, 0.5) is 0 Å². The Morgan fingerprint density at radius 2 is 2.00 bits per heavy atom. The molecule has 0 unspecified atom stereocenters. The van der Waals surface area contributed by atoms with Gasteiger partial charge in [0.1, 0.15) is 5.82 Å². The van der Waals surface area contributed by atoms with Crippen LogP contribution in [-0.2, 0) is 22.5 Å². The monoisotopic (exact) mass is 385 g/mol. The Balaban J connectivity index is 1.71. The average Bonchev–Trinajstić information content (AvgIpc) is 2.68. The molecular formula is C21H27N3O4. The van der Waals surface area contributed by atoms with Crippen LogP contribution in [0.5, 0.6) is 0 Å². The van der Waals surface area contributed by atoms with Gasteiger partial charge in [-0.3, -0.25) is 19.0 Å². The molecule has 1 N–H and O–H groups in total. The number of aryl methyl sites for hydroxylation is 1. The first-order valence-corrected chi connectivity index (χ1v) is 9.98. The lowest BCUT2D eigenvalue weighted by molar-refractivity contribution is -0.140. The van der Waals surface area contributed by atoms with Crippen LogP contribution in [0, 0.1) is 0 Å². The van der Waals surface area contributed by atoms with E-state index in [-0.39, 0.29) is 17.4 Å². The van der Waals surface area contributed by atoms with E-state index in [0.29, 0.717) is 48.8 Å². The van der Waals surface area contributed by atoms with Crippen molar-refractivity contribution in [3.05, 3.63) is 39.9 Å². The summed E-state index contributed by atoms with van der Waals surface area (Å²) in [6.07, 6.45) is 6.83. The van der Waals surface area contributed by atoms with Gasteiger partial charge < -0.3 is 10.1 Å². The van der Waals surface area contributed by atoms with Crippen molar-refractivity contribution in [3.8, 4) is 0 Å². The van der Waals surface area contributed by atoms with Gasteiger partial charge in [-0.05, 0) is 43.9 Å². The first kappa shape index (κ1) is 20.0. The highest BCUT2D eigenvalue weighted by atomic mass is 16.5. The van der Waals surface area contributed by atoms with E-state index >= 15 is 0 Å². The number of rotatable bonds is 6. The molecule has 1 amide bonds. The van der Waals surface area contributed by atoms with E-state index in [0.717, 1.165) is 37.9 Å². The van der Waals surface area contributed by atoms with Gasteiger partial charge in [0.15, 0.2) is 0 Å². The van der Waals surface area contributed by atoms with Crippen LogP contribution in [0.3, 0.4) is 0 Å². The molecule has 2 aromatic rings. The Morgan fingerprint density at radius 1 is 1.18 bits per heavy atom. The number of esters is 1. The summed E-state index contributed by atoms with van der Waals surface area (Å²) in [5.74, 6) is 0.374. The van der Waals surface area contributed by atoms with Crippen molar-refractivity contribution in [1.82, 2.24) is 14.9 Å². The molecule has 1 aliphatic rings. The van der Waals surface area contributed by atoms with E-state index < -0.39 is 0 Å². The third-order valence-corrected chi connectivity index (χ3v) is 5.15. The Labute approximate surface area is 164 Å². The Morgan fingerprint density at radius 3 is 2.82 bits per heavy atom. The third-order valence-electron chi connectivity index (χ3n) is 5.15. The molecule has 0 fully saturated rings. The van der Waals surface area contributed by atoms with Gasteiger partial charge in [-0.25, -0.2) is 4.98 Å². The maximum atomic E-state index is 12.8. The topological polar surface area (TPSA) is 90.3 Å². The minimum Gasteiger partial charge on any atom is -0.469 e. The van der Waals surface area contributed by atoms with E-state index in [2.05, 4.69) is 10.1 Å². The number of methoxy groups -OCH3 is 1. The quantitative estimate of drug-likeness (QED) is 0.610. The van der Waals surface area contributed by atoms with E-state index in [4.69, 9.17) is 4.98 Å². The maximum Gasteiger partial charge on any atom is 0.305 e. The third kappa shape index (κ3) is 4.77. The highest BCUT2D eigenvalue weighted by molar-refractivity contribution is 5.97. The Bertz CT molecular complexity index is 920. The summed E-state index contributed by atoms with van der Waals surface area (Å²) in [7, 11) is 1.37. The largest absolute Gasteiger partial charge is 0.469 e. The molecule has 1 aromatic heterocycles. The van der Waals surface area contributed by atoms with Crippen molar-refractivity contribution < 1.29 is 14.3 Å². The van der Waals surface area contributed by atoms with Crippen LogP contribution in [0.15, 0.2) is 23.0 Å². The second-order valence-corrected chi connectivity index (χ2v) is 7.17.